The van der Waals surface area contributed by atoms with Crippen LogP contribution in [0.15, 0.2) is 66.7 Å². The van der Waals surface area contributed by atoms with Crippen LogP contribution >= 0.6 is 12.4 Å². The summed E-state index contributed by atoms with van der Waals surface area (Å²) in [6.07, 6.45) is -3.46. The van der Waals surface area contributed by atoms with Crippen LogP contribution in [0.3, 0.4) is 0 Å². The number of hydrogen-bond acceptors (Lipinski definition) is 2. The Kier molecular flexibility index (Phi) is 6.72. The number of fused-ring (bicyclic) bond motifs is 1. The van der Waals surface area contributed by atoms with Crippen molar-refractivity contribution < 1.29 is 18.0 Å². The van der Waals surface area contributed by atoms with E-state index in [9.17, 15) is 18.0 Å². The molecule has 0 aromatic heterocycles. The van der Waals surface area contributed by atoms with Crippen LogP contribution in [0.2, 0.25) is 0 Å². The van der Waals surface area contributed by atoms with Crippen molar-refractivity contribution in [2.24, 2.45) is 0 Å². The van der Waals surface area contributed by atoms with Crippen molar-refractivity contribution in [2.75, 3.05) is 18.9 Å². The molecule has 3 nitrogen and oxygen atoms in total. The minimum absolute atomic E-state index is 0. The molecule has 1 heterocycles. The van der Waals surface area contributed by atoms with Gasteiger partial charge in [0.2, 0.25) is 0 Å². The van der Waals surface area contributed by atoms with Gasteiger partial charge in [0.05, 0.1) is 5.56 Å². The lowest BCUT2D eigenvalue weighted by Crippen LogP contribution is -2.26. The molecule has 3 aromatic rings. The van der Waals surface area contributed by atoms with E-state index in [1.54, 1.807) is 24.3 Å². The van der Waals surface area contributed by atoms with E-state index < -0.39 is 11.7 Å². The molecular formula is C24H22ClF3N2O. The highest BCUT2D eigenvalue weighted by atomic mass is 35.5. The van der Waals surface area contributed by atoms with Crippen LogP contribution in [0.4, 0.5) is 18.9 Å². The number of anilines is 1. The summed E-state index contributed by atoms with van der Waals surface area (Å²) in [7, 11) is 2.08. The second-order valence-corrected chi connectivity index (χ2v) is 7.55. The molecule has 0 atom stereocenters. The van der Waals surface area contributed by atoms with Crippen LogP contribution < -0.4 is 5.32 Å². The number of nitrogens with one attached hydrogen (secondary N) is 1. The first-order valence-corrected chi connectivity index (χ1v) is 9.69. The van der Waals surface area contributed by atoms with Crippen LogP contribution in [-0.2, 0) is 19.1 Å². The van der Waals surface area contributed by atoms with E-state index in [4.69, 9.17) is 0 Å². The SMILES string of the molecule is CN1CCc2cc(NC(=O)c3ccccc3-c3ccc(C(F)(F)F)cc3)ccc2C1.Cl. The van der Waals surface area contributed by atoms with E-state index in [1.165, 1.54) is 23.3 Å². The third-order valence-electron chi connectivity index (χ3n) is 5.36. The summed E-state index contributed by atoms with van der Waals surface area (Å²) in [5.41, 5.74) is 4.03. The van der Waals surface area contributed by atoms with Gasteiger partial charge in [-0.2, -0.15) is 13.2 Å². The highest BCUT2D eigenvalue weighted by Gasteiger charge is 2.30. The summed E-state index contributed by atoms with van der Waals surface area (Å²) in [4.78, 5) is 15.2. The topological polar surface area (TPSA) is 32.3 Å². The Morgan fingerprint density at radius 2 is 1.68 bits per heavy atom. The number of hydrogen-bond donors (Lipinski definition) is 1. The zero-order valence-corrected chi connectivity index (χ0v) is 17.7. The van der Waals surface area contributed by atoms with Crippen molar-refractivity contribution in [3.8, 4) is 11.1 Å². The van der Waals surface area contributed by atoms with Gasteiger partial charge in [0.25, 0.3) is 5.91 Å². The Hall–Kier alpha value is -2.83. The molecule has 0 bridgehead atoms. The molecule has 0 spiro atoms. The van der Waals surface area contributed by atoms with Crippen molar-refractivity contribution in [1.29, 1.82) is 0 Å². The zero-order valence-electron chi connectivity index (χ0n) is 16.9. The molecule has 7 heteroatoms. The molecule has 162 valence electrons. The molecule has 0 unspecified atom stereocenters. The van der Waals surface area contributed by atoms with Gasteiger partial charge in [0.15, 0.2) is 0 Å². The first-order chi connectivity index (χ1) is 14.3. The van der Waals surface area contributed by atoms with Crippen LogP contribution in [0.1, 0.15) is 27.0 Å². The highest BCUT2D eigenvalue weighted by molar-refractivity contribution is 6.08. The van der Waals surface area contributed by atoms with Gasteiger partial charge in [-0.3, -0.25) is 4.79 Å². The number of likely N-dealkylation sites (N-methyl/N-ethyl adjacent to an activating group) is 1. The predicted octanol–water partition coefficient (Wildman–Crippen LogP) is 6.03. The maximum atomic E-state index is 13.0. The standard InChI is InChI=1S/C24H21F3N2O.ClH/c1-29-13-12-17-14-20(11-8-18(17)15-29)28-23(30)22-5-3-2-4-21(22)16-6-9-19(10-7-16)24(25,26)27;/h2-11,14H,12-13,15H2,1H3,(H,28,30);1H. The van der Waals surface area contributed by atoms with Gasteiger partial charge in [0, 0.05) is 24.3 Å². The maximum Gasteiger partial charge on any atom is 0.416 e. The monoisotopic (exact) mass is 446 g/mol. The number of benzene rings is 3. The normalized spacial score (nSPS) is 13.8. The zero-order chi connectivity index (χ0) is 21.3. The van der Waals surface area contributed by atoms with Gasteiger partial charge in [-0.1, -0.05) is 36.4 Å². The summed E-state index contributed by atoms with van der Waals surface area (Å²) in [6, 6.07) is 17.7. The number of halogens is 4. The highest BCUT2D eigenvalue weighted by Crippen LogP contribution is 2.32. The van der Waals surface area contributed by atoms with Crippen molar-refractivity contribution in [3.63, 3.8) is 0 Å². The Labute approximate surface area is 185 Å². The van der Waals surface area contributed by atoms with Crippen LogP contribution in [0.25, 0.3) is 11.1 Å². The van der Waals surface area contributed by atoms with Crippen LogP contribution in [0, 0.1) is 0 Å². The molecule has 0 fully saturated rings. The van der Waals surface area contributed by atoms with E-state index >= 15 is 0 Å². The van der Waals surface area contributed by atoms with E-state index in [2.05, 4.69) is 17.3 Å². The van der Waals surface area contributed by atoms with E-state index in [0.717, 1.165) is 31.6 Å². The van der Waals surface area contributed by atoms with Crippen LogP contribution in [0.5, 0.6) is 0 Å². The molecule has 1 aliphatic heterocycles. The summed E-state index contributed by atoms with van der Waals surface area (Å²) in [6.45, 7) is 1.86. The van der Waals surface area contributed by atoms with Crippen LogP contribution in [-0.4, -0.2) is 24.4 Å². The molecule has 3 aromatic carbocycles. The van der Waals surface area contributed by atoms with Gasteiger partial charge < -0.3 is 10.2 Å². The Morgan fingerprint density at radius 1 is 0.968 bits per heavy atom. The van der Waals surface area contributed by atoms with Crippen molar-refractivity contribution in [3.05, 3.63) is 89.0 Å². The first kappa shape index (κ1) is 22.8. The lowest BCUT2D eigenvalue weighted by Gasteiger charge is -2.25. The Balaban J connectivity index is 0.00000272. The second-order valence-electron chi connectivity index (χ2n) is 7.55. The molecule has 4 rings (SSSR count). The lowest BCUT2D eigenvalue weighted by atomic mass is 9.97. The van der Waals surface area contributed by atoms with Gasteiger partial charge in [-0.15, -0.1) is 12.4 Å². The van der Waals surface area contributed by atoms with E-state index in [-0.39, 0.29) is 18.3 Å². The fourth-order valence-corrected chi connectivity index (χ4v) is 3.74. The molecular weight excluding hydrogens is 425 g/mol. The molecule has 1 N–H and O–H groups in total. The number of nitrogens with zero attached hydrogens (tertiary/aromatic N) is 1. The third kappa shape index (κ3) is 5.09. The fraction of sp³-hybridized carbons (Fsp3) is 0.208. The minimum atomic E-state index is -4.39. The van der Waals surface area contributed by atoms with Gasteiger partial charge in [-0.05, 0) is 66.1 Å². The van der Waals surface area contributed by atoms with Gasteiger partial charge >= 0.3 is 6.18 Å². The Bertz CT molecular complexity index is 1080. The molecule has 0 saturated heterocycles. The second kappa shape index (κ2) is 9.12. The number of amides is 1. The first-order valence-electron chi connectivity index (χ1n) is 9.69. The van der Waals surface area contributed by atoms with E-state index in [0.29, 0.717) is 22.4 Å². The van der Waals surface area contributed by atoms with Crippen molar-refractivity contribution in [1.82, 2.24) is 4.90 Å². The minimum Gasteiger partial charge on any atom is -0.322 e. The number of carbonyl (C=O) groups is 1. The number of rotatable bonds is 3. The summed E-state index contributed by atoms with van der Waals surface area (Å²) in [5, 5.41) is 2.93. The van der Waals surface area contributed by atoms with Crippen molar-refractivity contribution in [2.45, 2.75) is 19.1 Å². The summed E-state index contributed by atoms with van der Waals surface area (Å²) in [5.74, 6) is -0.293. The molecule has 0 saturated carbocycles. The maximum absolute atomic E-state index is 13.0. The third-order valence-corrected chi connectivity index (χ3v) is 5.36. The van der Waals surface area contributed by atoms with Gasteiger partial charge in [-0.25, -0.2) is 0 Å². The summed E-state index contributed by atoms with van der Waals surface area (Å²) >= 11 is 0. The molecule has 0 aliphatic carbocycles. The smallest absolute Gasteiger partial charge is 0.322 e. The summed E-state index contributed by atoms with van der Waals surface area (Å²) < 4.78 is 38.5. The van der Waals surface area contributed by atoms with Crippen molar-refractivity contribution >= 4 is 24.0 Å². The predicted molar refractivity (Wildman–Crippen MR) is 119 cm³/mol. The fourth-order valence-electron chi connectivity index (χ4n) is 3.74. The molecule has 31 heavy (non-hydrogen) atoms. The molecule has 0 radical (unpaired) electrons. The largest absolute Gasteiger partial charge is 0.416 e. The molecule has 1 aliphatic rings. The van der Waals surface area contributed by atoms with E-state index in [1.807, 2.05) is 18.2 Å². The average molecular weight is 447 g/mol. The number of alkyl halides is 3. The van der Waals surface area contributed by atoms with Gasteiger partial charge in [0.1, 0.15) is 0 Å². The number of carbonyl (C=O) groups excluding carboxylic acids is 1. The molecule has 1 amide bonds. The Morgan fingerprint density at radius 3 is 2.39 bits per heavy atom. The average Bonchev–Trinajstić information content (AvgIpc) is 2.73. The quantitative estimate of drug-likeness (QED) is 0.532. The lowest BCUT2D eigenvalue weighted by molar-refractivity contribution is -0.137.